The molecule has 4 nitrogen and oxygen atoms in total. The van der Waals surface area contributed by atoms with Crippen LogP contribution in [-0.4, -0.2) is 18.8 Å². The first kappa shape index (κ1) is 18.2. The molecule has 0 saturated heterocycles. The van der Waals surface area contributed by atoms with Crippen LogP contribution >= 0.6 is 15.9 Å². The van der Waals surface area contributed by atoms with Crippen LogP contribution in [0.3, 0.4) is 0 Å². The highest BCUT2D eigenvalue weighted by molar-refractivity contribution is 9.10. The maximum absolute atomic E-state index is 11.9. The SMILES string of the molecule is COc1ccc(CCCC(=O)C(=O)Nc2ccc(C)c(Br)c2)cc1. The van der Waals surface area contributed by atoms with Crippen LogP contribution in [0.4, 0.5) is 5.69 Å². The number of hydrogen-bond acceptors (Lipinski definition) is 3. The lowest BCUT2D eigenvalue weighted by atomic mass is 10.1. The number of Topliss-reactive ketones (excluding diaryl/α,β-unsaturated/α-hetero) is 1. The number of ketones is 1. The molecular weight excluding hydrogens is 370 g/mol. The van der Waals surface area contributed by atoms with Crippen molar-refractivity contribution in [1.29, 1.82) is 0 Å². The van der Waals surface area contributed by atoms with Crippen molar-refractivity contribution in [1.82, 2.24) is 0 Å². The average Bonchev–Trinajstić information content (AvgIpc) is 2.58. The summed E-state index contributed by atoms with van der Waals surface area (Å²) in [5.74, 6) is -0.167. The summed E-state index contributed by atoms with van der Waals surface area (Å²) < 4.78 is 6.00. The summed E-state index contributed by atoms with van der Waals surface area (Å²) >= 11 is 3.41. The summed E-state index contributed by atoms with van der Waals surface area (Å²) in [4.78, 5) is 23.9. The Morgan fingerprint density at radius 2 is 1.83 bits per heavy atom. The highest BCUT2D eigenvalue weighted by atomic mass is 79.9. The molecule has 0 radical (unpaired) electrons. The molecule has 0 unspecified atom stereocenters. The number of benzene rings is 2. The zero-order valence-electron chi connectivity index (χ0n) is 13.8. The van der Waals surface area contributed by atoms with Crippen molar-refractivity contribution in [2.75, 3.05) is 12.4 Å². The normalized spacial score (nSPS) is 10.3. The van der Waals surface area contributed by atoms with Crippen LogP contribution in [0.15, 0.2) is 46.9 Å². The maximum atomic E-state index is 11.9. The van der Waals surface area contributed by atoms with Gasteiger partial charge in [0.2, 0.25) is 5.78 Å². The quantitative estimate of drug-likeness (QED) is 0.718. The summed E-state index contributed by atoms with van der Waals surface area (Å²) in [5, 5.41) is 2.64. The lowest BCUT2D eigenvalue weighted by molar-refractivity contribution is -0.134. The van der Waals surface area contributed by atoms with E-state index in [-0.39, 0.29) is 6.42 Å². The summed E-state index contributed by atoms with van der Waals surface area (Å²) in [5.41, 5.74) is 2.80. The van der Waals surface area contributed by atoms with Crippen molar-refractivity contribution in [3.63, 3.8) is 0 Å². The predicted molar refractivity (Wildman–Crippen MR) is 98.4 cm³/mol. The number of carbonyl (C=O) groups is 2. The molecule has 2 aromatic rings. The average molecular weight is 390 g/mol. The molecule has 0 heterocycles. The van der Waals surface area contributed by atoms with E-state index in [0.717, 1.165) is 27.8 Å². The van der Waals surface area contributed by atoms with Crippen LogP contribution < -0.4 is 10.1 Å². The number of hydrogen-bond donors (Lipinski definition) is 1. The number of anilines is 1. The van der Waals surface area contributed by atoms with E-state index >= 15 is 0 Å². The van der Waals surface area contributed by atoms with Gasteiger partial charge in [-0.3, -0.25) is 9.59 Å². The van der Waals surface area contributed by atoms with Crippen molar-refractivity contribution in [2.24, 2.45) is 0 Å². The fourth-order valence-corrected chi connectivity index (χ4v) is 2.61. The third kappa shape index (κ3) is 5.20. The van der Waals surface area contributed by atoms with Gasteiger partial charge in [0, 0.05) is 16.6 Å². The van der Waals surface area contributed by atoms with E-state index in [1.807, 2.05) is 37.3 Å². The van der Waals surface area contributed by atoms with Crippen molar-refractivity contribution < 1.29 is 14.3 Å². The molecule has 0 spiro atoms. The fraction of sp³-hybridized carbons (Fsp3) is 0.263. The molecule has 126 valence electrons. The minimum absolute atomic E-state index is 0.227. The zero-order valence-corrected chi connectivity index (χ0v) is 15.4. The maximum Gasteiger partial charge on any atom is 0.291 e. The van der Waals surface area contributed by atoms with Crippen LogP contribution in [0.1, 0.15) is 24.0 Å². The second-order valence-electron chi connectivity index (χ2n) is 5.54. The Morgan fingerprint density at radius 1 is 1.12 bits per heavy atom. The zero-order chi connectivity index (χ0) is 17.5. The topological polar surface area (TPSA) is 55.4 Å². The van der Waals surface area contributed by atoms with Crippen LogP contribution in [-0.2, 0) is 16.0 Å². The Kier molecular flexibility index (Phi) is 6.55. The van der Waals surface area contributed by atoms with E-state index in [1.165, 1.54) is 0 Å². The molecular formula is C19H20BrNO3. The van der Waals surface area contributed by atoms with E-state index in [0.29, 0.717) is 12.1 Å². The number of rotatable bonds is 7. The van der Waals surface area contributed by atoms with Crippen molar-refractivity contribution in [3.05, 3.63) is 58.1 Å². The second kappa shape index (κ2) is 8.64. The molecule has 0 aliphatic heterocycles. The minimum Gasteiger partial charge on any atom is -0.497 e. The molecule has 5 heteroatoms. The molecule has 1 N–H and O–H groups in total. The van der Waals surface area contributed by atoms with Gasteiger partial charge in [-0.25, -0.2) is 0 Å². The molecule has 0 atom stereocenters. The predicted octanol–water partition coefficient (Wildman–Crippen LogP) is 4.30. The fourth-order valence-electron chi connectivity index (χ4n) is 2.23. The van der Waals surface area contributed by atoms with E-state index in [4.69, 9.17) is 4.74 Å². The Morgan fingerprint density at radius 3 is 2.46 bits per heavy atom. The van der Waals surface area contributed by atoms with Gasteiger partial charge >= 0.3 is 0 Å². The number of nitrogens with one attached hydrogen (secondary N) is 1. The lowest BCUT2D eigenvalue weighted by Gasteiger charge is -2.07. The van der Waals surface area contributed by atoms with Gasteiger partial charge in [-0.1, -0.05) is 34.1 Å². The van der Waals surface area contributed by atoms with E-state index < -0.39 is 11.7 Å². The standard InChI is InChI=1S/C19H20BrNO3/c1-13-6-9-15(12-17(13)20)21-19(23)18(22)5-3-4-14-7-10-16(24-2)11-8-14/h6-12H,3-5H2,1-2H3,(H,21,23). The monoisotopic (exact) mass is 389 g/mol. The number of amides is 1. The van der Waals surface area contributed by atoms with Gasteiger partial charge in [-0.05, 0) is 55.2 Å². The molecule has 2 rings (SSSR count). The van der Waals surface area contributed by atoms with Gasteiger partial charge in [0.05, 0.1) is 7.11 Å². The molecule has 0 aromatic heterocycles. The van der Waals surface area contributed by atoms with Gasteiger partial charge in [0.25, 0.3) is 5.91 Å². The highest BCUT2D eigenvalue weighted by Gasteiger charge is 2.13. The molecule has 0 bridgehead atoms. The molecule has 0 fully saturated rings. The Labute approximate surface area is 150 Å². The van der Waals surface area contributed by atoms with E-state index in [2.05, 4.69) is 21.2 Å². The third-order valence-electron chi connectivity index (χ3n) is 3.71. The number of carbonyl (C=O) groups excluding carboxylic acids is 2. The molecule has 24 heavy (non-hydrogen) atoms. The number of ether oxygens (including phenoxy) is 1. The molecule has 0 aliphatic carbocycles. The van der Waals surface area contributed by atoms with Gasteiger partial charge < -0.3 is 10.1 Å². The minimum atomic E-state index is -0.569. The molecule has 0 saturated carbocycles. The largest absolute Gasteiger partial charge is 0.497 e. The van der Waals surface area contributed by atoms with Crippen LogP contribution in [0.25, 0.3) is 0 Å². The highest BCUT2D eigenvalue weighted by Crippen LogP contribution is 2.20. The summed E-state index contributed by atoms with van der Waals surface area (Å²) in [6.45, 7) is 1.96. The third-order valence-corrected chi connectivity index (χ3v) is 4.57. The number of halogens is 1. The lowest BCUT2D eigenvalue weighted by Crippen LogP contribution is -2.22. The van der Waals surface area contributed by atoms with Crippen molar-refractivity contribution in [3.8, 4) is 5.75 Å². The van der Waals surface area contributed by atoms with Gasteiger partial charge in [-0.2, -0.15) is 0 Å². The summed E-state index contributed by atoms with van der Waals surface area (Å²) in [6.07, 6.45) is 1.61. The number of methoxy groups -OCH3 is 1. The first-order valence-electron chi connectivity index (χ1n) is 7.73. The summed E-state index contributed by atoms with van der Waals surface area (Å²) in [6, 6.07) is 13.2. The van der Waals surface area contributed by atoms with Crippen LogP contribution in [0.5, 0.6) is 5.75 Å². The van der Waals surface area contributed by atoms with E-state index in [1.54, 1.807) is 19.2 Å². The first-order chi connectivity index (χ1) is 11.5. The Hall–Kier alpha value is -2.14. The van der Waals surface area contributed by atoms with Crippen molar-refractivity contribution >= 4 is 33.3 Å². The van der Waals surface area contributed by atoms with Gasteiger partial charge in [0.1, 0.15) is 5.75 Å². The van der Waals surface area contributed by atoms with Gasteiger partial charge in [-0.15, -0.1) is 0 Å². The first-order valence-corrected chi connectivity index (χ1v) is 8.52. The van der Waals surface area contributed by atoms with Gasteiger partial charge in [0.15, 0.2) is 0 Å². The molecule has 0 aliphatic rings. The molecule has 1 amide bonds. The summed E-state index contributed by atoms with van der Waals surface area (Å²) in [7, 11) is 1.62. The van der Waals surface area contributed by atoms with Crippen LogP contribution in [0.2, 0.25) is 0 Å². The number of aryl methyl sites for hydroxylation is 2. The second-order valence-corrected chi connectivity index (χ2v) is 6.40. The smallest absolute Gasteiger partial charge is 0.291 e. The van der Waals surface area contributed by atoms with E-state index in [9.17, 15) is 9.59 Å². The molecule has 2 aromatic carbocycles. The van der Waals surface area contributed by atoms with Crippen LogP contribution in [0, 0.1) is 6.92 Å². The van der Waals surface area contributed by atoms with Crippen molar-refractivity contribution in [2.45, 2.75) is 26.2 Å². The Bertz CT molecular complexity index is 726. The Balaban J connectivity index is 1.80.